The van der Waals surface area contributed by atoms with Gasteiger partial charge in [0.1, 0.15) is 29.3 Å². The molecule has 5 aromatic rings. The fourth-order valence-corrected chi connectivity index (χ4v) is 4.55. The number of benzene rings is 4. The molecule has 0 amide bonds. The molecule has 43 heavy (non-hydrogen) atoms. The monoisotopic (exact) mass is 578 g/mol. The van der Waals surface area contributed by atoms with E-state index in [2.05, 4.69) is 10.5 Å². The Bertz CT molecular complexity index is 1920. The van der Waals surface area contributed by atoms with Crippen molar-refractivity contribution in [2.75, 3.05) is 12.0 Å². The molecule has 0 saturated carbocycles. The summed E-state index contributed by atoms with van der Waals surface area (Å²) in [5.41, 5.74) is 6.26. The van der Waals surface area contributed by atoms with Crippen molar-refractivity contribution in [3.63, 3.8) is 0 Å². The first-order chi connectivity index (χ1) is 20.7. The minimum atomic E-state index is -0.719. The van der Waals surface area contributed by atoms with Gasteiger partial charge in [-0.25, -0.2) is 4.79 Å². The van der Waals surface area contributed by atoms with Crippen LogP contribution < -0.4 is 15.8 Å². The molecule has 0 aliphatic heterocycles. The third-order valence-electron chi connectivity index (χ3n) is 6.94. The van der Waals surface area contributed by atoms with Gasteiger partial charge in [-0.2, -0.15) is 5.10 Å². The molecule has 5 rings (SSSR count). The summed E-state index contributed by atoms with van der Waals surface area (Å²) >= 11 is 0. The van der Waals surface area contributed by atoms with Gasteiger partial charge in [0.25, 0.3) is 5.69 Å². The molecule has 0 fully saturated rings. The van der Waals surface area contributed by atoms with Crippen LogP contribution >= 0.6 is 0 Å². The molecule has 0 bridgehead atoms. The fourth-order valence-electron chi connectivity index (χ4n) is 4.55. The molecule has 0 unspecified atom stereocenters. The number of nitro benzene ring substituents is 2. The standard InChI is InChI=1S/C32H26N4O7/c1-20-8-10-23(11-9-20)29(34-33-28-15-12-24(35(38)39)17-30(28)36(40)41)19-42-25-13-14-26-21(2)27(32(37)43-31(26)18-25)16-22-6-4-3-5-7-22/h3-15,17-18,33H,16,19H2,1-2H3/b34-29+. The summed E-state index contributed by atoms with van der Waals surface area (Å²) in [4.78, 5) is 34.1. The Hall–Kier alpha value is -5.84. The molecular formula is C32H26N4O7. The smallest absolute Gasteiger partial charge is 0.340 e. The topological polar surface area (TPSA) is 150 Å². The van der Waals surface area contributed by atoms with Crippen LogP contribution in [-0.2, 0) is 6.42 Å². The summed E-state index contributed by atoms with van der Waals surface area (Å²) in [6, 6.07) is 25.6. The second-order valence-corrected chi connectivity index (χ2v) is 9.85. The van der Waals surface area contributed by atoms with Crippen LogP contribution in [0.4, 0.5) is 17.1 Å². The summed E-state index contributed by atoms with van der Waals surface area (Å²) in [5, 5.41) is 27.8. The van der Waals surface area contributed by atoms with Gasteiger partial charge in [0.05, 0.1) is 15.9 Å². The van der Waals surface area contributed by atoms with Crippen molar-refractivity contribution in [1.29, 1.82) is 0 Å². The van der Waals surface area contributed by atoms with E-state index in [-0.39, 0.29) is 12.3 Å². The van der Waals surface area contributed by atoms with Crippen LogP contribution in [0.15, 0.2) is 105 Å². The van der Waals surface area contributed by atoms with Gasteiger partial charge in [0.15, 0.2) is 0 Å². The number of rotatable bonds is 10. The first-order valence-electron chi connectivity index (χ1n) is 13.2. The van der Waals surface area contributed by atoms with Gasteiger partial charge < -0.3 is 9.15 Å². The average molecular weight is 579 g/mol. The number of hydrogen-bond acceptors (Lipinski definition) is 9. The predicted octanol–water partition coefficient (Wildman–Crippen LogP) is 6.71. The summed E-state index contributed by atoms with van der Waals surface area (Å²) in [5.74, 6) is 0.423. The van der Waals surface area contributed by atoms with E-state index in [1.807, 2.05) is 74.5 Å². The Morgan fingerprint density at radius 3 is 2.35 bits per heavy atom. The normalized spacial score (nSPS) is 11.3. The Labute approximate surface area is 245 Å². The van der Waals surface area contributed by atoms with E-state index in [1.54, 1.807) is 12.1 Å². The SMILES string of the molecule is Cc1ccc(/C(COc2ccc3c(C)c(Cc4ccccc4)c(=O)oc3c2)=N/Nc2ccc([N+](=O)[O-])cc2[N+](=O)[O-])cc1. The van der Waals surface area contributed by atoms with Crippen molar-refractivity contribution >= 4 is 33.7 Å². The zero-order chi connectivity index (χ0) is 30.5. The molecule has 0 radical (unpaired) electrons. The highest BCUT2D eigenvalue weighted by Gasteiger charge is 2.20. The van der Waals surface area contributed by atoms with Crippen molar-refractivity contribution in [2.24, 2.45) is 5.10 Å². The molecule has 1 N–H and O–H groups in total. The number of non-ortho nitro benzene ring substituents is 1. The summed E-state index contributed by atoms with van der Waals surface area (Å²) in [6.45, 7) is 3.78. The molecule has 0 spiro atoms. The highest BCUT2D eigenvalue weighted by Crippen LogP contribution is 2.29. The third kappa shape index (κ3) is 6.57. The van der Waals surface area contributed by atoms with E-state index in [0.29, 0.717) is 34.6 Å². The van der Waals surface area contributed by atoms with Crippen molar-refractivity contribution in [3.05, 3.63) is 149 Å². The number of anilines is 1. The lowest BCUT2D eigenvalue weighted by Crippen LogP contribution is -2.15. The van der Waals surface area contributed by atoms with E-state index in [4.69, 9.17) is 9.15 Å². The van der Waals surface area contributed by atoms with E-state index in [9.17, 15) is 25.0 Å². The number of fused-ring (bicyclic) bond motifs is 1. The zero-order valence-corrected chi connectivity index (χ0v) is 23.3. The quantitative estimate of drug-likeness (QED) is 0.0831. The largest absolute Gasteiger partial charge is 0.487 e. The number of ether oxygens (including phenoxy) is 1. The van der Waals surface area contributed by atoms with Crippen LogP contribution in [0, 0.1) is 34.1 Å². The average Bonchev–Trinajstić information content (AvgIpc) is 3.00. The maximum absolute atomic E-state index is 12.9. The van der Waals surface area contributed by atoms with E-state index in [1.165, 1.54) is 6.07 Å². The number of hydrazone groups is 1. The van der Waals surface area contributed by atoms with Gasteiger partial charge in [-0.15, -0.1) is 0 Å². The lowest BCUT2D eigenvalue weighted by Gasteiger charge is -2.12. The first-order valence-corrected chi connectivity index (χ1v) is 13.2. The number of nitrogens with zero attached hydrogens (tertiary/aromatic N) is 3. The van der Waals surface area contributed by atoms with Crippen molar-refractivity contribution in [1.82, 2.24) is 0 Å². The number of aryl methyl sites for hydroxylation is 2. The molecule has 0 atom stereocenters. The summed E-state index contributed by atoms with van der Waals surface area (Å²) in [7, 11) is 0. The predicted molar refractivity (Wildman–Crippen MR) is 163 cm³/mol. The van der Waals surface area contributed by atoms with Gasteiger partial charge in [0, 0.05) is 35.1 Å². The van der Waals surface area contributed by atoms with Gasteiger partial charge in [0.2, 0.25) is 0 Å². The van der Waals surface area contributed by atoms with Crippen LogP contribution in [0.5, 0.6) is 5.75 Å². The fraction of sp³-hybridized carbons (Fsp3) is 0.125. The van der Waals surface area contributed by atoms with Crippen LogP contribution in [-0.4, -0.2) is 22.2 Å². The molecule has 11 nitrogen and oxygen atoms in total. The Balaban J connectivity index is 1.42. The van der Waals surface area contributed by atoms with Crippen LogP contribution in [0.1, 0.15) is 27.8 Å². The van der Waals surface area contributed by atoms with Crippen LogP contribution in [0.3, 0.4) is 0 Å². The minimum absolute atomic E-state index is 0.0190. The van der Waals surface area contributed by atoms with Crippen molar-refractivity contribution in [3.8, 4) is 5.75 Å². The van der Waals surface area contributed by atoms with Gasteiger partial charge in [-0.1, -0.05) is 60.2 Å². The molecule has 1 aromatic heterocycles. The van der Waals surface area contributed by atoms with Crippen LogP contribution in [0.2, 0.25) is 0 Å². The van der Waals surface area contributed by atoms with E-state index >= 15 is 0 Å². The number of nitrogens with one attached hydrogen (secondary N) is 1. The molecule has 11 heteroatoms. The molecule has 1 heterocycles. The maximum atomic E-state index is 12.9. The Morgan fingerprint density at radius 2 is 1.65 bits per heavy atom. The molecule has 0 aliphatic carbocycles. The minimum Gasteiger partial charge on any atom is -0.487 e. The Morgan fingerprint density at radius 1 is 0.907 bits per heavy atom. The number of hydrogen-bond donors (Lipinski definition) is 1. The zero-order valence-electron chi connectivity index (χ0n) is 23.3. The van der Waals surface area contributed by atoms with Gasteiger partial charge >= 0.3 is 11.3 Å². The third-order valence-corrected chi connectivity index (χ3v) is 6.94. The molecule has 0 aliphatic rings. The maximum Gasteiger partial charge on any atom is 0.340 e. The Kier molecular flexibility index (Phi) is 8.24. The van der Waals surface area contributed by atoms with Gasteiger partial charge in [-0.3, -0.25) is 25.7 Å². The molecule has 0 saturated heterocycles. The first kappa shape index (κ1) is 28.7. The second kappa shape index (κ2) is 12.4. The highest BCUT2D eigenvalue weighted by atomic mass is 16.6. The molecule has 216 valence electrons. The lowest BCUT2D eigenvalue weighted by atomic mass is 10.00. The van der Waals surface area contributed by atoms with Crippen LogP contribution in [0.25, 0.3) is 11.0 Å². The number of nitro groups is 2. The van der Waals surface area contributed by atoms with Gasteiger partial charge in [-0.05, 0) is 43.2 Å². The van der Waals surface area contributed by atoms with Crippen molar-refractivity contribution < 1.29 is 19.0 Å². The summed E-state index contributed by atoms with van der Waals surface area (Å²) < 4.78 is 11.7. The second-order valence-electron chi connectivity index (χ2n) is 9.85. The van der Waals surface area contributed by atoms with E-state index in [0.717, 1.165) is 34.2 Å². The lowest BCUT2D eigenvalue weighted by molar-refractivity contribution is -0.393. The molecule has 4 aromatic carbocycles. The van der Waals surface area contributed by atoms with E-state index < -0.39 is 26.8 Å². The highest BCUT2D eigenvalue weighted by molar-refractivity contribution is 6.02. The van der Waals surface area contributed by atoms with Crippen molar-refractivity contribution in [2.45, 2.75) is 20.3 Å². The summed E-state index contributed by atoms with van der Waals surface area (Å²) in [6.07, 6.45) is 0.458. The molecular weight excluding hydrogens is 552 g/mol.